The first-order chi connectivity index (χ1) is 16.6. The third-order valence-electron chi connectivity index (χ3n) is 6.18. The molecular formula is C29H36N2O3. The highest BCUT2D eigenvalue weighted by Gasteiger charge is 2.24. The maximum absolute atomic E-state index is 6.14. The van der Waals surface area contributed by atoms with Crippen LogP contribution in [0.15, 0.2) is 66.7 Å². The Kier molecular flexibility index (Phi) is 8.45. The fraction of sp³-hybridized carbons (Fsp3) is 0.379. The highest BCUT2D eigenvalue weighted by atomic mass is 16.5. The molecule has 0 radical (unpaired) electrons. The summed E-state index contributed by atoms with van der Waals surface area (Å²) >= 11 is 0. The molecular weight excluding hydrogens is 424 g/mol. The largest absolute Gasteiger partial charge is 0.493 e. The molecule has 1 aliphatic rings. The Morgan fingerprint density at radius 3 is 2.56 bits per heavy atom. The lowest BCUT2D eigenvalue weighted by Crippen LogP contribution is -2.30. The van der Waals surface area contributed by atoms with Gasteiger partial charge in [-0.3, -0.25) is 0 Å². The van der Waals surface area contributed by atoms with Crippen molar-refractivity contribution in [3.8, 4) is 17.2 Å². The maximum atomic E-state index is 6.14. The van der Waals surface area contributed by atoms with Crippen LogP contribution in [0.2, 0.25) is 0 Å². The lowest BCUT2D eigenvalue weighted by atomic mass is 9.89. The standard InChI is InChI=1S/C29H36N2O3/c1-31(2)16-8-17-34-28-21-26-23(20-27(28)32-3)13-15-30-29(26)24-11-7-12-25(19-24)33-18-14-22-9-5-4-6-10-22/h4-7,9-12,19-21,29-30H,8,13-18H2,1-3H3. The SMILES string of the molecule is COc1cc2c(cc1OCCCN(C)C)C(c1cccc(OCCc3ccccc3)c1)NCC2. The molecule has 0 amide bonds. The first-order valence-corrected chi connectivity index (χ1v) is 12.1. The summed E-state index contributed by atoms with van der Waals surface area (Å²) in [6, 6.07) is 23.3. The molecule has 0 spiro atoms. The van der Waals surface area contributed by atoms with E-state index in [4.69, 9.17) is 14.2 Å². The number of nitrogens with one attached hydrogen (secondary N) is 1. The molecule has 1 aliphatic heterocycles. The van der Waals surface area contributed by atoms with E-state index in [0.717, 1.165) is 49.6 Å². The number of nitrogens with zero attached hydrogens (tertiary/aromatic N) is 1. The third-order valence-corrected chi connectivity index (χ3v) is 6.18. The molecule has 0 bridgehead atoms. The number of hydrogen-bond acceptors (Lipinski definition) is 5. The molecule has 5 heteroatoms. The quantitative estimate of drug-likeness (QED) is 0.413. The smallest absolute Gasteiger partial charge is 0.161 e. The Bertz CT molecular complexity index is 1050. The van der Waals surface area contributed by atoms with Crippen molar-refractivity contribution in [2.24, 2.45) is 0 Å². The Morgan fingerprint density at radius 2 is 1.76 bits per heavy atom. The molecule has 0 fully saturated rings. The van der Waals surface area contributed by atoms with Crippen LogP contribution in [0.3, 0.4) is 0 Å². The zero-order valence-corrected chi connectivity index (χ0v) is 20.5. The molecule has 4 rings (SSSR count). The molecule has 180 valence electrons. The van der Waals surface area contributed by atoms with E-state index in [0.29, 0.717) is 13.2 Å². The molecule has 0 saturated heterocycles. The van der Waals surface area contributed by atoms with E-state index in [9.17, 15) is 0 Å². The van der Waals surface area contributed by atoms with Gasteiger partial charge in [0.25, 0.3) is 0 Å². The van der Waals surface area contributed by atoms with E-state index >= 15 is 0 Å². The number of benzene rings is 3. The van der Waals surface area contributed by atoms with Crippen molar-refractivity contribution in [1.29, 1.82) is 0 Å². The van der Waals surface area contributed by atoms with Crippen LogP contribution in [0.1, 0.15) is 34.7 Å². The normalized spacial score (nSPS) is 15.1. The molecule has 0 aliphatic carbocycles. The van der Waals surface area contributed by atoms with Crippen LogP contribution in [-0.2, 0) is 12.8 Å². The van der Waals surface area contributed by atoms with Gasteiger partial charge in [-0.15, -0.1) is 0 Å². The zero-order valence-electron chi connectivity index (χ0n) is 20.5. The van der Waals surface area contributed by atoms with Gasteiger partial charge in [0.05, 0.1) is 26.4 Å². The van der Waals surface area contributed by atoms with Crippen LogP contribution in [0.25, 0.3) is 0 Å². The van der Waals surface area contributed by atoms with E-state index in [1.807, 2.05) is 12.1 Å². The molecule has 0 aromatic heterocycles. The average molecular weight is 461 g/mol. The topological polar surface area (TPSA) is 43.0 Å². The monoisotopic (exact) mass is 460 g/mol. The second kappa shape index (κ2) is 11.9. The minimum atomic E-state index is 0.0939. The van der Waals surface area contributed by atoms with Crippen molar-refractivity contribution in [2.75, 3.05) is 47.5 Å². The minimum Gasteiger partial charge on any atom is -0.493 e. The average Bonchev–Trinajstić information content (AvgIpc) is 2.86. The number of hydrogen-bond donors (Lipinski definition) is 1. The number of methoxy groups -OCH3 is 1. The Hall–Kier alpha value is -3.02. The van der Waals surface area contributed by atoms with Gasteiger partial charge in [0.2, 0.25) is 0 Å². The summed E-state index contributed by atoms with van der Waals surface area (Å²) in [5.74, 6) is 2.52. The van der Waals surface area contributed by atoms with E-state index in [1.54, 1.807) is 7.11 Å². The molecule has 5 nitrogen and oxygen atoms in total. The van der Waals surface area contributed by atoms with Crippen LogP contribution < -0.4 is 19.5 Å². The Labute approximate surface area is 203 Å². The Morgan fingerprint density at radius 1 is 0.912 bits per heavy atom. The van der Waals surface area contributed by atoms with Crippen LogP contribution in [0.4, 0.5) is 0 Å². The van der Waals surface area contributed by atoms with Gasteiger partial charge in [0.15, 0.2) is 11.5 Å². The summed E-state index contributed by atoms with van der Waals surface area (Å²) in [4.78, 5) is 2.17. The van der Waals surface area contributed by atoms with E-state index < -0.39 is 0 Å². The van der Waals surface area contributed by atoms with Crippen molar-refractivity contribution < 1.29 is 14.2 Å². The summed E-state index contributed by atoms with van der Waals surface area (Å²) in [5.41, 5.74) is 5.03. The highest BCUT2D eigenvalue weighted by molar-refractivity contribution is 5.52. The van der Waals surface area contributed by atoms with Gasteiger partial charge in [-0.05, 0) is 73.5 Å². The van der Waals surface area contributed by atoms with Gasteiger partial charge in [0, 0.05) is 19.5 Å². The predicted molar refractivity (Wildman–Crippen MR) is 137 cm³/mol. The molecule has 3 aromatic rings. The Balaban J connectivity index is 1.49. The summed E-state index contributed by atoms with van der Waals surface area (Å²) in [6.07, 6.45) is 2.83. The molecule has 1 unspecified atom stereocenters. The molecule has 1 N–H and O–H groups in total. The fourth-order valence-electron chi connectivity index (χ4n) is 4.41. The van der Waals surface area contributed by atoms with Gasteiger partial charge in [-0.25, -0.2) is 0 Å². The van der Waals surface area contributed by atoms with Crippen molar-refractivity contribution in [3.05, 3.63) is 89.0 Å². The van der Waals surface area contributed by atoms with E-state index in [2.05, 4.69) is 78.9 Å². The summed E-state index contributed by atoms with van der Waals surface area (Å²) < 4.78 is 17.9. The minimum absolute atomic E-state index is 0.0939. The zero-order chi connectivity index (χ0) is 23.8. The van der Waals surface area contributed by atoms with Gasteiger partial charge < -0.3 is 24.4 Å². The first-order valence-electron chi connectivity index (χ1n) is 12.1. The lowest BCUT2D eigenvalue weighted by Gasteiger charge is -2.29. The van der Waals surface area contributed by atoms with E-state index in [1.165, 1.54) is 22.3 Å². The second-order valence-corrected chi connectivity index (χ2v) is 9.00. The van der Waals surface area contributed by atoms with Crippen molar-refractivity contribution >= 4 is 0 Å². The van der Waals surface area contributed by atoms with Crippen molar-refractivity contribution in [2.45, 2.75) is 25.3 Å². The van der Waals surface area contributed by atoms with Crippen LogP contribution in [0.5, 0.6) is 17.2 Å². The van der Waals surface area contributed by atoms with Gasteiger partial charge in [-0.2, -0.15) is 0 Å². The first kappa shape index (κ1) is 24.1. The molecule has 1 atom stereocenters. The van der Waals surface area contributed by atoms with E-state index in [-0.39, 0.29) is 6.04 Å². The number of fused-ring (bicyclic) bond motifs is 1. The molecule has 0 saturated carbocycles. The van der Waals surface area contributed by atoms with Crippen molar-refractivity contribution in [1.82, 2.24) is 10.2 Å². The number of rotatable bonds is 11. The maximum Gasteiger partial charge on any atom is 0.161 e. The van der Waals surface area contributed by atoms with Crippen LogP contribution in [0, 0.1) is 0 Å². The van der Waals surface area contributed by atoms with Gasteiger partial charge in [0.1, 0.15) is 5.75 Å². The molecule has 3 aromatic carbocycles. The summed E-state index contributed by atoms with van der Waals surface area (Å²) in [5, 5.41) is 3.69. The van der Waals surface area contributed by atoms with Gasteiger partial charge >= 0.3 is 0 Å². The summed E-state index contributed by atoms with van der Waals surface area (Å²) in [6.45, 7) is 3.23. The fourth-order valence-corrected chi connectivity index (χ4v) is 4.41. The third kappa shape index (κ3) is 6.31. The second-order valence-electron chi connectivity index (χ2n) is 9.00. The summed E-state index contributed by atoms with van der Waals surface area (Å²) in [7, 11) is 5.87. The molecule has 1 heterocycles. The highest BCUT2D eigenvalue weighted by Crippen LogP contribution is 2.38. The lowest BCUT2D eigenvalue weighted by molar-refractivity contribution is 0.267. The predicted octanol–water partition coefficient (Wildman–Crippen LogP) is 4.88. The van der Waals surface area contributed by atoms with Crippen molar-refractivity contribution in [3.63, 3.8) is 0 Å². The number of ether oxygens (including phenoxy) is 3. The van der Waals surface area contributed by atoms with Gasteiger partial charge in [-0.1, -0.05) is 42.5 Å². The van der Waals surface area contributed by atoms with Crippen LogP contribution >= 0.6 is 0 Å². The van der Waals surface area contributed by atoms with Crippen LogP contribution in [-0.4, -0.2) is 52.4 Å². The molecule has 34 heavy (non-hydrogen) atoms.